The number of nitrogens with one attached hydrogen (secondary N) is 4. The molecule has 0 saturated carbocycles. The summed E-state index contributed by atoms with van der Waals surface area (Å²) < 4.78 is 0. The molecule has 0 aromatic rings. The van der Waals surface area contributed by atoms with Crippen molar-refractivity contribution < 1.29 is 0 Å². The van der Waals surface area contributed by atoms with Crippen molar-refractivity contribution in [1.29, 1.82) is 0 Å². The molecule has 0 amide bonds. The minimum absolute atomic E-state index is 0.527. The molecule has 0 aromatic heterocycles. The third kappa shape index (κ3) is 7.50. The highest BCUT2D eigenvalue weighted by Gasteiger charge is 2.38. The summed E-state index contributed by atoms with van der Waals surface area (Å²) in [6.45, 7) is 11.0. The first-order chi connectivity index (χ1) is 17.4. The molecule has 2 unspecified atom stereocenters. The summed E-state index contributed by atoms with van der Waals surface area (Å²) in [4.78, 5) is 0. The fourth-order valence-electron chi connectivity index (χ4n) is 5.67. The van der Waals surface area contributed by atoms with Gasteiger partial charge in [0, 0.05) is 11.8 Å². The van der Waals surface area contributed by atoms with Crippen molar-refractivity contribution in [2.45, 2.75) is 45.4 Å². The fourth-order valence-corrected chi connectivity index (χ4v) is 5.67. The van der Waals surface area contributed by atoms with Crippen LogP contribution in [0.2, 0.25) is 0 Å². The van der Waals surface area contributed by atoms with E-state index in [4.69, 9.17) is 0 Å². The van der Waals surface area contributed by atoms with Gasteiger partial charge < -0.3 is 21.3 Å². The molecule has 0 radical (unpaired) electrons. The molecule has 0 aromatic carbocycles. The van der Waals surface area contributed by atoms with Gasteiger partial charge in [-0.15, -0.1) is 0 Å². The van der Waals surface area contributed by atoms with Crippen molar-refractivity contribution >= 4 is 0 Å². The second kappa shape index (κ2) is 14.5. The summed E-state index contributed by atoms with van der Waals surface area (Å²) in [7, 11) is 0. The van der Waals surface area contributed by atoms with Crippen LogP contribution in [0.3, 0.4) is 0 Å². The molecule has 0 spiro atoms. The normalized spacial score (nSPS) is 21.7. The van der Waals surface area contributed by atoms with Gasteiger partial charge in [-0.1, -0.05) is 61.6 Å². The quantitative estimate of drug-likeness (QED) is 0.217. The summed E-state index contributed by atoms with van der Waals surface area (Å²) in [5.41, 5.74) is 7.57. The van der Waals surface area contributed by atoms with E-state index in [0.717, 1.165) is 52.4 Å². The molecule has 0 aliphatic heterocycles. The van der Waals surface area contributed by atoms with Crippen LogP contribution in [0.1, 0.15) is 45.4 Å². The number of unbranched alkanes of at least 4 members (excludes halogenated alkanes) is 1. The van der Waals surface area contributed by atoms with Crippen LogP contribution in [-0.4, -0.2) is 52.4 Å². The zero-order chi connectivity index (χ0) is 24.1. The van der Waals surface area contributed by atoms with Gasteiger partial charge in [0.2, 0.25) is 0 Å². The van der Waals surface area contributed by atoms with Crippen LogP contribution < -0.4 is 21.3 Å². The molecular weight excluding hydrogens is 428 g/mol. The maximum atomic E-state index is 3.64. The molecule has 4 aliphatic carbocycles. The Bertz CT molecular complexity index is 899. The summed E-state index contributed by atoms with van der Waals surface area (Å²) in [5, 5.41) is 14.1. The summed E-state index contributed by atoms with van der Waals surface area (Å²) in [6.07, 6.45) is 28.2. The Labute approximate surface area is 213 Å². The van der Waals surface area contributed by atoms with Crippen molar-refractivity contribution in [3.8, 4) is 0 Å². The van der Waals surface area contributed by atoms with Gasteiger partial charge in [0.15, 0.2) is 0 Å². The average Bonchev–Trinajstić information content (AvgIpc) is 2.89. The maximum absolute atomic E-state index is 3.64. The SMILES string of the molecule is CCNCCCNCCCNCCCNCCCCC1=CC2=CC=CC3=CC=C4C=CC=C1C4C32. The molecule has 190 valence electrons. The third-order valence-corrected chi connectivity index (χ3v) is 7.49. The summed E-state index contributed by atoms with van der Waals surface area (Å²) >= 11 is 0. The van der Waals surface area contributed by atoms with E-state index in [1.54, 1.807) is 11.1 Å². The lowest BCUT2D eigenvalue weighted by Crippen LogP contribution is -2.30. The Morgan fingerprint density at radius 1 is 0.571 bits per heavy atom. The predicted octanol–water partition coefficient (Wildman–Crippen LogP) is 4.74. The van der Waals surface area contributed by atoms with Gasteiger partial charge in [0.1, 0.15) is 0 Å². The van der Waals surface area contributed by atoms with E-state index >= 15 is 0 Å². The maximum Gasteiger partial charge on any atom is 0.0201 e. The van der Waals surface area contributed by atoms with E-state index in [-0.39, 0.29) is 0 Å². The minimum Gasteiger partial charge on any atom is -0.317 e. The van der Waals surface area contributed by atoms with Gasteiger partial charge >= 0.3 is 0 Å². The zero-order valence-electron chi connectivity index (χ0n) is 21.8. The van der Waals surface area contributed by atoms with Gasteiger partial charge in [-0.05, 0) is 119 Å². The van der Waals surface area contributed by atoms with Crippen molar-refractivity contribution in [2.75, 3.05) is 52.4 Å². The van der Waals surface area contributed by atoms with E-state index in [1.165, 1.54) is 55.2 Å². The molecule has 4 rings (SSSR count). The van der Waals surface area contributed by atoms with Crippen LogP contribution in [-0.2, 0) is 0 Å². The topological polar surface area (TPSA) is 48.1 Å². The van der Waals surface area contributed by atoms with Gasteiger partial charge in [0.05, 0.1) is 0 Å². The number of hydrogen-bond donors (Lipinski definition) is 4. The lowest BCUT2D eigenvalue weighted by molar-refractivity contribution is 0.538. The zero-order valence-corrected chi connectivity index (χ0v) is 21.8. The van der Waals surface area contributed by atoms with Crippen LogP contribution in [0.25, 0.3) is 0 Å². The first kappa shape index (κ1) is 26.1. The van der Waals surface area contributed by atoms with Crippen LogP contribution in [0.15, 0.2) is 82.5 Å². The van der Waals surface area contributed by atoms with Crippen LogP contribution in [0.5, 0.6) is 0 Å². The lowest BCUT2D eigenvalue weighted by Gasteiger charge is -2.41. The summed E-state index contributed by atoms with van der Waals surface area (Å²) in [5.74, 6) is 1.06. The second-order valence-corrected chi connectivity index (χ2v) is 10.1. The monoisotopic (exact) mass is 474 g/mol. The molecule has 2 atom stereocenters. The summed E-state index contributed by atoms with van der Waals surface area (Å²) in [6, 6.07) is 0. The largest absolute Gasteiger partial charge is 0.317 e. The minimum atomic E-state index is 0.527. The average molecular weight is 475 g/mol. The molecule has 4 N–H and O–H groups in total. The molecule has 0 saturated heterocycles. The first-order valence-corrected chi connectivity index (χ1v) is 14.1. The van der Waals surface area contributed by atoms with Crippen molar-refractivity contribution in [3.05, 3.63) is 82.5 Å². The molecule has 4 nitrogen and oxygen atoms in total. The molecule has 35 heavy (non-hydrogen) atoms. The number of rotatable bonds is 18. The van der Waals surface area contributed by atoms with Crippen LogP contribution in [0, 0.1) is 11.8 Å². The smallest absolute Gasteiger partial charge is 0.0201 e. The molecule has 0 bridgehead atoms. The van der Waals surface area contributed by atoms with Gasteiger partial charge in [-0.2, -0.15) is 0 Å². The van der Waals surface area contributed by atoms with Crippen molar-refractivity contribution in [1.82, 2.24) is 21.3 Å². The van der Waals surface area contributed by atoms with E-state index in [9.17, 15) is 0 Å². The Morgan fingerprint density at radius 2 is 1.14 bits per heavy atom. The number of allylic oxidation sites excluding steroid dienone is 14. The molecular formula is C31H46N4. The van der Waals surface area contributed by atoms with E-state index < -0.39 is 0 Å². The van der Waals surface area contributed by atoms with Crippen LogP contribution >= 0.6 is 0 Å². The third-order valence-electron chi connectivity index (χ3n) is 7.49. The standard InChI is InChI=1S/C31H46N4/c1-2-32-18-7-19-34-22-9-23-35-21-8-20-33-17-4-3-10-27-24-28-13-5-11-25-15-16-26-12-6-14-29(27)31(26)30(25)28/h5-6,11-16,24,30-35H,2-4,7-10,17-23H2,1H3. The highest BCUT2D eigenvalue weighted by Crippen LogP contribution is 2.51. The van der Waals surface area contributed by atoms with E-state index in [0.29, 0.717) is 11.8 Å². The first-order valence-electron chi connectivity index (χ1n) is 14.1. The van der Waals surface area contributed by atoms with E-state index in [1.807, 2.05) is 0 Å². The fraction of sp³-hybridized carbons (Fsp3) is 0.548. The highest BCUT2D eigenvalue weighted by atomic mass is 14.9. The van der Waals surface area contributed by atoms with Crippen LogP contribution in [0.4, 0.5) is 0 Å². The molecule has 4 aliphatic rings. The second-order valence-electron chi connectivity index (χ2n) is 10.1. The molecule has 4 heteroatoms. The highest BCUT2D eigenvalue weighted by molar-refractivity contribution is 5.62. The lowest BCUT2D eigenvalue weighted by atomic mass is 9.62. The Kier molecular flexibility index (Phi) is 10.8. The van der Waals surface area contributed by atoms with Crippen molar-refractivity contribution in [2.24, 2.45) is 11.8 Å². The Morgan fingerprint density at radius 3 is 1.80 bits per heavy atom. The van der Waals surface area contributed by atoms with Crippen molar-refractivity contribution in [3.63, 3.8) is 0 Å². The van der Waals surface area contributed by atoms with Gasteiger partial charge in [-0.3, -0.25) is 0 Å². The molecule has 0 fully saturated rings. The number of hydrogen-bond acceptors (Lipinski definition) is 4. The van der Waals surface area contributed by atoms with E-state index in [2.05, 4.69) is 82.9 Å². The van der Waals surface area contributed by atoms with Gasteiger partial charge in [-0.25, -0.2) is 0 Å². The Balaban J connectivity index is 1.04. The molecule has 0 heterocycles. The Hall–Kier alpha value is -1.98. The van der Waals surface area contributed by atoms with Gasteiger partial charge in [0.25, 0.3) is 0 Å². The predicted molar refractivity (Wildman–Crippen MR) is 151 cm³/mol.